The standard InChI is InChI=1S/C22H20F2N2O4S/c1-2-30-19-9-7-18(8-10-19)26-31(28,29)20-5-3-4-15(13-20)22(27)25-14-16-12-17(23)6-11-21(16)24/h3-13,26H,2,14H2,1H3,(H,25,27). The van der Waals surface area contributed by atoms with Crippen molar-refractivity contribution >= 4 is 21.6 Å². The molecule has 0 radical (unpaired) electrons. The van der Waals surface area contributed by atoms with Gasteiger partial charge >= 0.3 is 0 Å². The number of rotatable bonds is 8. The molecule has 6 nitrogen and oxygen atoms in total. The van der Waals surface area contributed by atoms with Gasteiger partial charge in [-0.1, -0.05) is 6.07 Å². The van der Waals surface area contributed by atoms with Gasteiger partial charge < -0.3 is 10.1 Å². The number of hydrogen-bond acceptors (Lipinski definition) is 4. The van der Waals surface area contributed by atoms with E-state index in [-0.39, 0.29) is 22.6 Å². The topological polar surface area (TPSA) is 84.5 Å². The molecule has 0 spiro atoms. The van der Waals surface area contributed by atoms with Crippen LogP contribution in [0.15, 0.2) is 71.6 Å². The highest BCUT2D eigenvalue weighted by Crippen LogP contribution is 2.20. The zero-order chi connectivity index (χ0) is 22.4. The third-order valence-electron chi connectivity index (χ3n) is 4.27. The molecule has 0 saturated carbocycles. The van der Waals surface area contributed by atoms with Crippen molar-refractivity contribution in [1.29, 1.82) is 0 Å². The first-order valence-corrected chi connectivity index (χ1v) is 10.8. The second kappa shape index (κ2) is 9.57. The molecule has 0 aliphatic rings. The zero-order valence-electron chi connectivity index (χ0n) is 16.6. The van der Waals surface area contributed by atoms with Gasteiger partial charge in [0.25, 0.3) is 15.9 Å². The second-order valence-corrected chi connectivity index (χ2v) is 8.19. The number of anilines is 1. The maximum Gasteiger partial charge on any atom is 0.261 e. The van der Waals surface area contributed by atoms with Crippen LogP contribution in [0.3, 0.4) is 0 Å². The zero-order valence-corrected chi connectivity index (χ0v) is 17.4. The number of nitrogens with one attached hydrogen (secondary N) is 2. The van der Waals surface area contributed by atoms with Gasteiger partial charge in [-0.3, -0.25) is 9.52 Å². The first-order chi connectivity index (χ1) is 14.8. The van der Waals surface area contributed by atoms with Gasteiger partial charge in [-0.15, -0.1) is 0 Å². The molecule has 1 amide bonds. The molecule has 31 heavy (non-hydrogen) atoms. The largest absolute Gasteiger partial charge is 0.494 e. The highest BCUT2D eigenvalue weighted by atomic mass is 32.2. The Balaban J connectivity index is 1.72. The van der Waals surface area contributed by atoms with Crippen LogP contribution in [0.2, 0.25) is 0 Å². The van der Waals surface area contributed by atoms with Gasteiger partial charge in [0.1, 0.15) is 17.4 Å². The van der Waals surface area contributed by atoms with E-state index in [1.54, 1.807) is 24.3 Å². The van der Waals surface area contributed by atoms with Gasteiger partial charge in [-0.25, -0.2) is 17.2 Å². The summed E-state index contributed by atoms with van der Waals surface area (Å²) in [5.74, 6) is -1.29. The van der Waals surface area contributed by atoms with Crippen LogP contribution < -0.4 is 14.8 Å². The first-order valence-electron chi connectivity index (χ1n) is 9.36. The molecule has 3 aromatic rings. The lowest BCUT2D eigenvalue weighted by molar-refractivity contribution is 0.0950. The summed E-state index contributed by atoms with van der Waals surface area (Å²) in [6.45, 7) is 2.09. The van der Waals surface area contributed by atoms with Crippen molar-refractivity contribution in [2.45, 2.75) is 18.4 Å². The summed E-state index contributed by atoms with van der Waals surface area (Å²) in [5, 5.41) is 2.46. The van der Waals surface area contributed by atoms with E-state index in [2.05, 4.69) is 10.0 Å². The fourth-order valence-corrected chi connectivity index (χ4v) is 3.86. The van der Waals surface area contributed by atoms with Crippen molar-refractivity contribution in [2.75, 3.05) is 11.3 Å². The Morgan fingerprint density at radius 2 is 1.74 bits per heavy atom. The van der Waals surface area contributed by atoms with Gasteiger partial charge in [-0.05, 0) is 67.6 Å². The van der Waals surface area contributed by atoms with Crippen LogP contribution in [-0.2, 0) is 16.6 Å². The minimum atomic E-state index is -3.95. The molecule has 0 saturated heterocycles. The van der Waals surface area contributed by atoms with Crippen molar-refractivity contribution in [1.82, 2.24) is 5.32 Å². The van der Waals surface area contributed by atoms with Crippen LogP contribution in [0.1, 0.15) is 22.8 Å². The lowest BCUT2D eigenvalue weighted by Crippen LogP contribution is -2.24. The molecule has 0 aliphatic carbocycles. The molecule has 3 aromatic carbocycles. The number of ether oxygens (including phenoxy) is 1. The van der Waals surface area contributed by atoms with Crippen LogP contribution in [0.5, 0.6) is 5.75 Å². The summed E-state index contributed by atoms with van der Waals surface area (Å²) in [4.78, 5) is 12.3. The Labute approximate surface area is 178 Å². The monoisotopic (exact) mass is 446 g/mol. The van der Waals surface area contributed by atoms with Gasteiger partial charge in [0.2, 0.25) is 0 Å². The average Bonchev–Trinajstić information content (AvgIpc) is 2.75. The predicted molar refractivity (Wildman–Crippen MR) is 112 cm³/mol. The summed E-state index contributed by atoms with van der Waals surface area (Å²) in [5.41, 5.74) is 0.376. The quantitative estimate of drug-likeness (QED) is 0.546. The molecule has 0 unspecified atom stereocenters. The third-order valence-corrected chi connectivity index (χ3v) is 5.65. The van der Waals surface area contributed by atoms with E-state index in [1.807, 2.05) is 6.92 Å². The number of carbonyl (C=O) groups is 1. The van der Waals surface area contributed by atoms with Gasteiger partial charge in [0.05, 0.1) is 11.5 Å². The van der Waals surface area contributed by atoms with Crippen molar-refractivity contribution < 1.29 is 26.7 Å². The minimum Gasteiger partial charge on any atom is -0.494 e. The van der Waals surface area contributed by atoms with Crippen LogP contribution in [0.25, 0.3) is 0 Å². The van der Waals surface area contributed by atoms with Crippen LogP contribution in [-0.4, -0.2) is 20.9 Å². The van der Waals surface area contributed by atoms with Crippen LogP contribution in [0.4, 0.5) is 14.5 Å². The molecule has 0 atom stereocenters. The molecule has 0 heterocycles. The molecule has 9 heteroatoms. The lowest BCUT2D eigenvalue weighted by atomic mass is 10.2. The lowest BCUT2D eigenvalue weighted by Gasteiger charge is -2.11. The highest BCUT2D eigenvalue weighted by Gasteiger charge is 2.17. The highest BCUT2D eigenvalue weighted by molar-refractivity contribution is 7.92. The molecular formula is C22H20F2N2O4S. The normalized spacial score (nSPS) is 11.1. The van der Waals surface area contributed by atoms with Crippen molar-refractivity contribution in [3.05, 3.63) is 89.5 Å². The van der Waals surface area contributed by atoms with Crippen LogP contribution in [0, 0.1) is 11.6 Å². The summed E-state index contributed by atoms with van der Waals surface area (Å²) in [6, 6.07) is 14.7. The van der Waals surface area contributed by atoms with E-state index in [0.717, 1.165) is 18.2 Å². The van der Waals surface area contributed by atoms with E-state index in [9.17, 15) is 22.0 Å². The maximum atomic E-state index is 13.7. The fourth-order valence-electron chi connectivity index (χ4n) is 2.76. The number of halogens is 2. The molecule has 0 aliphatic heterocycles. The summed E-state index contributed by atoms with van der Waals surface area (Å²) in [7, 11) is -3.95. The number of sulfonamides is 1. The SMILES string of the molecule is CCOc1ccc(NS(=O)(=O)c2cccc(C(=O)NCc3cc(F)ccc3F)c2)cc1. The molecule has 0 aromatic heterocycles. The van der Waals surface area contributed by atoms with Crippen molar-refractivity contribution in [3.63, 3.8) is 0 Å². The Bertz CT molecular complexity index is 1180. The Hall–Kier alpha value is -3.46. The van der Waals surface area contributed by atoms with E-state index in [1.165, 1.54) is 24.3 Å². The third kappa shape index (κ3) is 5.79. The maximum absolute atomic E-state index is 13.7. The Kier molecular flexibility index (Phi) is 6.86. The second-order valence-electron chi connectivity index (χ2n) is 6.51. The van der Waals surface area contributed by atoms with Gasteiger partial charge in [-0.2, -0.15) is 0 Å². The number of amides is 1. The van der Waals surface area contributed by atoms with Crippen molar-refractivity contribution in [2.24, 2.45) is 0 Å². The fraction of sp³-hybridized carbons (Fsp3) is 0.136. The average molecular weight is 446 g/mol. The molecule has 0 bridgehead atoms. The van der Waals surface area contributed by atoms with Crippen molar-refractivity contribution in [3.8, 4) is 5.75 Å². The predicted octanol–water partition coefficient (Wildman–Crippen LogP) is 4.09. The number of carbonyl (C=O) groups excluding carboxylic acids is 1. The minimum absolute atomic E-state index is 0.0192. The summed E-state index contributed by atoms with van der Waals surface area (Å²) in [6.07, 6.45) is 0. The molecule has 2 N–H and O–H groups in total. The Morgan fingerprint density at radius 1 is 1.00 bits per heavy atom. The molecule has 0 fully saturated rings. The van der Waals surface area contributed by atoms with Gasteiger partial charge in [0, 0.05) is 23.4 Å². The number of benzene rings is 3. The Morgan fingerprint density at radius 3 is 2.45 bits per heavy atom. The van der Waals surface area contributed by atoms with Crippen LogP contribution >= 0.6 is 0 Å². The van der Waals surface area contributed by atoms with E-state index < -0.39 is 27.6 Å². The molecule has 162 valence electrons. The smallest absolute Gasteiger partial charge is 0.261 e. The number of hydrogen-bond donors (Lipinski definition) is 2. The van der Waals surface area contributed by atoms with Gasteiger partial charge in [0.15, 0.2) is 0 Å². The summed E-state index contributed by atoms with van der Waals surface area (Å²) >= 11 is 0. The first kappa shape index (κ1) is 22.2. The van der Waals surface area contributed by atoms with E-state index >= 15 is 0 Å². The molecular weight excluding hydrogens is 426 g/mol. The van der Waals surface area contributed by atoms with E-state index in [4.69, 9.17) is 4.74 Å². The summed E-state index contributed by atoms with van der Waals surface area (Å²) < 4.78 is 60.1. The molecule has 3 rings (SSSR count). The van der Waals surface area contributed by atoms with E-state index in [0.29, 0.717) is 18.0 Å².